The number of benzene rings is 1. The Morgan fingerprint density at radius 1 is 1.21 bits per heavy atom. The van der Waals surface area contributed by atoms with Crippen molar-refractivity contribution in [3.8, 4) is 0 Å². The fourth-order valence-corrected chi connectivity index (χ4v) is 1.96. The summed E-state index contributed by atoms with van der Waals surface area (Å²) in [7, 11) is -5.35. The van der Waals surface area contributed by atoms with Crippen molar-refractivity contribution >= 4 is 21.5 Å². The second-order valence-electron chi connectivity index (χ2n) is 3.54. The maximum Gasteiger partial charge on any atom is 0.501 e. The van der Waals surface area contributed by atoms with Crippen LogP contribution in [0, 0.1) is 0 Å². The molecule has 0 aromatic heterocycles. The Bertz CT molecular complexity index is 551. The fourth-order valence-electron chi connectivity index (χ4n) is 1.20. The number of aliphatic carboxylic acids is 1. The predicted molar refractivity (Wildman–Crippen MR) is 60.4 cm³/mol. The molecular formula is C10H10F3NO4S. The molecular weight excluding hydrogens is 287 g/mol. The number of alkyl halides is 3. The van der Waals surface area contributed by atoms with Gasteiger partial charge >= 0.3 is 11.5 Å². The lowest BCUT2D eigenvalue weighted by Gasteiger charge is -2.09. The van der Waals surface area contributed by atoms with Crippen molar-refractivity contribution in [2.24, 2.45) is 0 Å². The second-order valence-corrected chi connectivity index (χ2v) is 5.49. The molecule has 0 bridgehead atoms. The summed E-state index contributed by atoms with van der Waals surface area (Å²) in [4.78, 5) is 9.38. The van der Waals surface area contributed by atoms with E-state index in [-0.39, 0.29) is 13.0 Å². The summed E-state index contributed by atoms with van der Waals surface area (Å²) in [6, 6.07) is 3.90. The van der Waals surface area contributed by atoms with Crippen molar-refractivity contribution in [2.45, 2.75) is 16.8 Å². The molecule has 5 nitrogen and oxygen atoms in total. The number of carbonyl (C=O) groups is 1. The summed E-state index contributed by atoms with van der Waals surface area (Å²) in [6.07, 6.45) is -0.164. The van der Waals surface area contributed by atoms with Gasteiger partial charge in [0.2, 0.25) is 0 Å². The molecule has 0 atom stereocenters. The van der Waals surface area contributed by atoms with Gasteiger partial charge in [-0.05, 0) is 24.3 Å². The lowest BCUT2D eigenvalue weighted by Crippen LogP contribution is -2.23. The SMILES string of the molecule is O=C(O)CCNc1ccc(S(=O)(=O)C(F)(F)F)cc1. The van der Waals surface area contributed by atoms with Gasteiger partial charge in [0.1, 0.15) is 0 Å². The molecule has 2 N–H and O–H groups in total. The van der Waals surface area contributed by atoms with Crippen LogP contribution in [0.4, 0.5) is 18.9 Å². The summed E-state index contributed by atoms with van der Waals surface area (Å²) in [5, 5.41) is 11.0. The third-order valence-corrected chi connectivity index (χ3v) is 3.64. The van der Waals surface area contributed by atoms with E-state index in [1.165, 1.54) is 0 Å². The molecule has 9 heteroatoms. The maximum absolute atomic E-state index is 12.2. The highest BCUT2D eigenvalue weighted by molar-refractivity contribution is 7.92. The topological polar surface area (TPSA) is 83.5 Å². The van der Waals surface area contributed by atoms with Gasteiger partial charge in [-0.25, -0.2) is 8.42 Å². The third kappa shape index (κ3) is 3.85. The van der Waals surface area contributed by atoms with Crippen LogP contribution in [0.15, 0.2) is 29.2 Å². The Hall–Kier alpha value is -1.77. The van der Waals surface area contributed by atoms with E-state index in [9.17, 15) is 26.4 Å². The number of hydrogen-bond acceptors (Lipinski definition) is 4. The van der Waals surface area contributed by atoms with Crippen LogP contribution in [0.25, 0.3) is 0 Å². The molecule has 0 saturated heterocycles. The van der Waals surface area contributed by atoms with E-state index >= 15 is 0 Å². The van der Waals surface area contributed by atoms with Crippen molar-refractivity contribution in [3.63, 3.8) is 0 Å². The molecule has 1 aromatic rings. The molecule has 19 heavy (non-hydrogen) atoms. The molecule has 1 rings (SSSR count). The molecule has 0 aliphatic heterocycles. The standard InChI is InChI=1S/C10H10F3NO4S/c11-10(12,13)19(17,18)8-3-1-7(2-4-8)14-6-5-9(15)16/h1-4,14H,5-6H2,(H,15,16). The van der Waals surface area contributed by atoms with E-state index in [2.05, 4.69) is 5.32 Å². The minimum absolute atomic E-state index is 0.0840. The molecule has 0 radical (unpaired) electrons. The summed E-state index contributed by atoms with van der Waals surface area (Å²) < 4.78 is 58.8. The molecule has 0 amide bonds. The van der Waals surface area contributed by atoms with E-state index in [0.29, 0.717) is 5.69 Å². The van der Waals surface area contributed by atoms with E-state index in [1.54, 1.807) is 0 Å². The lowest BCUT2D eigenvalue weighted by molar-refractivity contribution is -0.136. The van der Waals surface area contributed by atoms with Gasteiger partial charge in [-0.15, -0.1) is 0 Å². The van der Waals surface area contributed by atoms with Crippen LogP contribution in [0.5, 0.6) is 0 Å². The van der Waals surface area contributed by atoms with E-state index < -0.39 is 26.2 Å². The van der Waals surface area contributed by atoms with Crippen LogP contribution in [0.3, 0.4) is 0 Å². The Balaban J connectivity index is 2.80. The van der Waals surface area contributed by atoms with Crippen molar-refractivity contribution in [2.75, 3.05) is 11.9 Å². The normalized spacial score (nSPS) is 12.2. The zero-order chi connectivity index (χ0) is 14.7. The van der Waals surface area contributed by atoms with Crippen LogP contribution in [0.1, 0.15) is 6.42 Å². The molecule has 0 spiro atoms. The van der Waals surface area contributed by atoms with Gasteiger partial charge in [-0.1, -0.05) is 0 Å². The third-order valence-electron chi connectivity index (χ3n) is 2.14. The molecule has 0 aliphatic carbocycles. The Morgan fingerprint density at radius 2 is 1.74 bits per heavy atom. The molecule has 0 saturated carbocycles. The lowest BCUT2D eigenvalue weighted by atomic mass is 10.3. The van der Waals surface area contributed by atoms with E-state index in [1.807, 2.05) is 0 Å². The van der Waals surface area contributed by atoms with Crippen LogP contribution in [-0.4, -0.2) is 31.5 Å². The van der Waals surface area contributed by atoms with E-state index in [4.69, 9.17) is 5.11 Å². The van der Waals surface area contributed by atoms with Crippen molar-refractivity contribution in [1.82, 2.24) is 0 Å². The molecule has 0 heterocycles. The van der Waals surface area contributed by atoms with Gasteiger partial charge < -0.3 is 10.4 Å². The first-order valence-corrected chi connectivity index (χ1v) is 6.50. The maximum atomic E-state index is 12.2. The zero-order valence-electron chi connectivity index (χ0n) is 9.44. The smallest absolute Gasteiger partial charge is 0.481 e. The number of carboxylic acid groups (broad SMARTS) is 1. The highest BCUT2D eigenvalue weighted by atomic mass is 32.2. The summed E-state index contributed by atoms with van der Waals surface area (Å²) in [5.41, 5.74) is -5.01. The van der Waals surface area contributed by atoms with Crippen LogP contribution in [0.2, 0.25) is 0 Å². The minimum Gasteiger partial charge on any atom is -0.481 e. The highest BCUT2D eigenvalue weighted by Crippen LogP contribution is 2.30. The first kappa shape index (κ1) is 15.3. The van der Waals surface area contributed by atoms with Crippen molar-refractivity contribution in [1.29, 1.82) is 0 Å². The quantitative estimate of drug-likeness (QED) is 0.866. The largest absolute Gasteiger partial charge is 0.501 e. The molecule has 0 unspecified atom stereocenters. The average Bonchev–Trinajstić information content (AvgIpc) is 2.27. The first-order chi connectivity index (χ1) is 8.64. The molecule has 1 aromatic carbocycles. The summed E-state index contributed by atoms with van der Waals surface area (Å²) in [6.45, 7) is 0.0840. The van der Waals surface area contributed by atoms with Gasteiger partial charge in [0.25, 0.3) is 9.84 Å². The highest BCUT2D eigenvalue weighted by Gasteiger charge is 2.46. The van der Waals surface area contributed by atoms with Gasteiger partial charge in [0.15, 0.2) is 0 Å². The van der Waals surface area contributed by atoms with Gasteiger partial charge in [-0.3, -0.25) is 4.79 Å². The fraction of sp³-hybridized carbons (Fsp3) is 0.300. The number of carboxylic acids is 1. The second kappa shape index (κ2) is 5.47. The predicted octanol–water partition coefficient (Wildman–Crippen LogP) is 1.87. The Kier molecular flexibility index (Phi) is 4.40. The number of hydrogen-bond donors (Lipinski definition) is 2. The van der Waals surface area contributed by atoms with E-state index in [0.717, 1.165) is 24.3 Å². The monoisotopic (exact) mass is 297 g/mol. The van der Waals surface area contributed by atoms with Crippen LogP contribution in [-0.2, 0) is 14.6 Å². The minimum atomic E-state index is -5.35. The Labute approximate surface area is 107 Å². The molecule has 0 aliphatic rings. The first-order valence-electron chi connectivity index (χ1n) is 5.01. The Morgan fingerprint density at radius 3 is 2.16 bits per heavy atom. The van der Waals surface area contributed by atoms with Gasteiger partial charge in [-0.2, -0.15) is 13.2 Å². The molecule has 0 fully saturated rings. The number of halogens is 3. The van der Waals surface area contributed by atoms with Gasteiger partial charge in [0, 0.05) is 12.2 Å². The van der Waals surface area contributed by atoms with Gasteiger partial charge in [0.05, 0.1) is 11.3 Å². The van der Waals surface area contributed by atoms with Crippen LogP contribution >= 0.6 is 0 Å². The number of rotatable bonds is 5. The van der Waals surface area contributed by atoms with Crippen LogP contribution < -0.4 is 5.32 Å². The number of nitrogens with one attached hydrogen (secondary N) is 1. The number of sulfone groups is 1. The van der Waals surface area contributed by atoms with Crippen molar-refractivity contribution in [3.05, 3.63) is 24.3 Å². The molecule has 106 valence electrons. The summed E-state index contributed by atoms with van der Waals surface area (Å²) in [5.74, 6) is -1.02. The van der Waals surface area contributed by atoms with Crippen molar-refractivity contribution < 1.29 is 31.5 Å². The average molecular weight is 297 g/mol. The zero-order valence-corrected chi connectivity index (χ0v) is 10.3. The summed E-state index contributed by atoms with van der Waals surface area (Å²) >= 11 is 0. The number of anilines is 1.